The SMILES string of the molecule is Cc1ccc(NC(=O)COC(=O)C2C3CC4CC(C3)CC2C4)cc1F. The predicted molar refractivity (Wildman–Crippen MR) is 91.3 cm³/mol. The van der Waals surface area contributed by atoms with Crippen LogP contribution in [0.2, 0.25) is 0 Å². The molecule has 0 saturated heterocycles. The molecule has 4 nitrogen and oxygen atoms in total. The minimum Gasteiger partial charge on any atom is -0.455 e. The summed E-state index contributed by atoms with van der Waals surface area (Å²) in [4.78, 5) is 24.5. The monoisotopic (exact) mass is 345 g/mol. The fourth-order valence-electron chi connectivity index (χ4n) is 5.41. The molecule has 0 heterocycles. The molecule has 4 aliphatic carbocycles. The van der Waals surface area contributed by atoms with E-state index in [2.05, 4.69) is 5.32 Å². The first-order valence-electron chi connectivity index (χ1n) is 9.22. The first kappa shape index (κ1) is 16.6. The van der Waals surface area contributed by atoms with Crippen molar-refractivity contribution in [3.8, 4) is 0 Å². The van der Waals surface area contributed by atoms with Crippen LogP contribution in [0.25, 0.3) is 0 Å². The number of amides is 1. The van der Waals surface area contributed by atoms with Gasteiger partial charge in [-0.05, 0) is 80.4 Å². The van der Waals surface area contributed by atoms with E-state index in [1.165, 1.54) is 12.5 Å². The summed E-state index contributed by atoms with van der Waals surface area (Å²) in [7, 11) is 0. The number of esters is 1. The van der Waals surface area contributed by atoms with Gasteiger partial charge in [0.05, 0.1) is 5.92 Å². The van der Waals surface area contributed by atoms with Crippen LogP contribution in [0.3, 0.4) is 0 Å². The van der Waals surface area contributed by atoms with Crippen LogP contribution in [0.4, 0.5) is 10.1 Å². The molecule has 0 aromatic heterocycles. The van der Waals surface area contributed by atoms with Crippen molar-refractivity contribution in [3.05, 3.63) is 29.6 Å². The normalized spacial score (nSPS) is 32.5. The van der Waals surface area contributed by atoms with Crippen LogP contribution >= 0.6 is 0 Å². The van der Waals surface area contributed by atoms with Gasteiger partial charge in [0.2, 0.25) is 0 Å². The average molecular weight is 345 g/mol. The quantitative estimate of drug-likeness (QED) is 0.847. The van der Waals surface area contributed by atoms with E-state index in [0.29, 0.717) is 23.1 Å². The van der Waals surface area contributed by atoms with Crippen LogP contribution in [-0.2, 0) is 14.3 Å². The maximum atomic E-state index is 13.5. The third-order valence-corrected chi connectivity index (χ3v) is 6.30. The van der Waals surface area contributed by atoms with Crippen LogP contribution in [0, 0.1) is 42.3 Å². The predicted octanol–water partition coefficient (Wildman–Crippen LogP) is 3.69. The van der Waals surface area contributed by atoms with E-state index in [1.54, 1.807) is 19.1 Å². The van der Waals surface area contributed by atoms with Gasteiger partial charge in [-0.3, -0.25) is 9.59 Å². The number of ether oxygens (including phenoxy) is 1. The molecule has 4 bridgehead atoms. The van der Waals surface area contributed by atoms with Crippen LogP contribution in [0.15, 0.2) is 18.2 Å². The molecule has 1 N–H and O–H groups in total. The Kier molecular flexibility index (Phi) is 4.26. The number of hydrogen-bond donors (Lipinski definition) is 1. The Bertz CT molecular complexity index is 674. The van der Waals surface area contributed by atoms with E-state index < -0.39 is 5.91 Å². The molecule has 0 radical (unpaired) electrons. The molecular weight excluding hydrogens is 321 g/mol. The van der Waals surface area contributed by atoms with Crippen molar-refractivity contribution in [1.29, 1.82) is 0 Å². The second-order valence-electron chi connectivity index (χ2n) is 8.08. The van der Waals surface area contributed by atoms with E-state index in [4.69, 9.17) is 4.74 Å². The summed E-state index contributed by atoms with van der Waals surface area (Å²) < 4.78 is 18.8. The summed E-state index contributed by atoms with van der Waals surface area (Å²) in [5, 5.41) is 2.58. The van der Waals surface area contributed by atoms with Gasteiger partial charge in [-0.15, -0.1) is 0 Å². The Balaban J connectivity index is 1.31. The topological polar surface area (TPSA) is 55.4 Å². The summed E-state index contributed by atoms with van der Waals surface area (Å²) in [6.45, 7) is 1.35. The number of rotatable bonds is 4. The van der Waals surface area contributed by atoms with Gasteiger partial charge in [0.25, 0.3) is 5.91 Å². The maximum absolute atomic E-state index is 13.5. The molecule has 4 fully saturated rings. The van der Waals surface area contributed by atoms with E-state index in [0.717, 1.165) is 37.5 Å². The van der Waals surface area contributed by atoms with Crippen molar-refractivity contribution in [2.75, 3.05) is 11.9 Å². The highest BCUT2D eigenvalue weighted by molar-refractivity contribution is 5.93. The molecule has 25 heavy (non-hydrogen) atoms. The molecule has 1 aromatic carbocycles. The van der Waals surface area contributed by atoms with E-state index in [-0.39, 0.29) is 24.3 Å². The fourth-order valence-corrected chi connectivity index (χ4v) is 5.41. The van der Waals surface area contributed by atoms with Crippen molar-refractivity contribution in [1.82, 2.24) is 0 Å². The van der Waals surface area contributed by atoms with Crippen molar-refractivity contribution >= 4 is 17.6 Å². The molecule has 0 atom stereocenters. The van der Waals surface area contributed by atoms with Gasteiger partial charge < -0.3 is 10.1 Å². The highest BCUT2D eigenvalue weighted by Crippen LogP contribution is 2.56. The number of carbonyl (C=O) groups excluding carboxylic acids is 2. The minimum absolute atomic E-state index is 0.0302. The molecule has 0 unspecified atom stereocenters. The average Bonchev–Trinajstić information content (AvgIpc) is 2.55. The number of anilines is 1. The van der Waals surface area contributed by atoms with Gasteiger partial charge in [-0.25, -0.2) is 4.39 Å². The summed E-state index contributed by atoms with van der Waals surface area (Å²) in [6, 6.07) is 4.51. The summed E-state index contributed by atoms with van der Waals surface area (Å²) in [6.07, 6.45) is 5.90. The maximum Gasteiger partial charge on any atom is 0.310 e. The molecule has 134 valence electrons. The minimum atomic E-state index is -0.430. The first-order valence-corrected chi connectivity index (χ1v) is 9.22. The highest BCUT2D eigenvalue weighted by atomic mass is 19.1. The third kappa shape index (κ3) is 3.29. The number of hydrogen-bond acceptors (Lipinski definition) is 3. The summed E-state index contributed by atoms with van der Waals surface area (Å²) >= 11 is 0. The van der Waals surface area contributed by atoms with Gasteiger partial charge >= 0.3 is 5.97 Å². The Morgan fingerprint density at radius 2 is 1.76 bits per heavy atom. The number of aryl methyl sites for hydroxylation is 1. The van der Waals surface area contributed by atoms with Crippen LogP contribution in [0.5, 0.6) is 0 Å². The highest BCUT2D eigenvalue weighted by Gasteiger charge is 2.51. The van der Waals surface area contributed by atoms with E-state index in [9.17, 15) is 14.0 Å². The number of halogens is 1. The molecule has 1 aromatic rings. The number of carbonyl (C=O) groups is 2. The lowest BCUT2D eigenvalue weighted by Gasteiger charge is -2.53. The zero-order chi connectivity index (χ0) is 17.6. The molecule has 0 aliphatic heterocycles. The molecule has 4 aliphatic rings. The first-order chi connectivity index (χ1) is 12.0. The van der Waals surface area contributed by atoms with Crippen LogP contribution in [0.1, 0.15) is 37.7 Å². The Morgan fingerprint density at radius 3 is 2.36 bits per heavy atom. The Labute approximate surface area is 147 Å². The molecular formula is C20H24FNO3. The summed E-state index contributed by atoms with van der Waals surface area (Å²) in [5.74, 6) is 1.42. The van der Waals surface area contributed by atoms with Crippen molar-refractivity contribution in [2.45, 2.75) is 39.0 Å². The van der Waals surface area contributed by atoms with Gasteiger partial charge in [0.1, 0.15) is 5.82 Å². The van der Waals surface area contributed by atoms with E-state index >= 15 is 0 Å². The largest absolute Gasteiger partial charge is 0.455 e. The lowest BCUT2D eigenvalue weighted by Crippen LogP contribution is -2.48. The molecule has 5 heteroatoms. The second-order valence-corrected chi connectivity index (χ2v) is 8.08. The van der Waals surface area contributed by atoms with Crippen LogP contribution in [-0.4, -0.2) is 18.5 Å². The summed E-state index contributed by atoms with van der Waals surface area (Å²) in [5.41, 5.74) is 0.894. The van der Waals surface area contributed by atoms with Gasteiger partial charge in [-0.1, -0.05) is 6.07 Å². The van der Waals surface area contributed by atoms with Gasteiger partial charge in [0, 0.05) is 5.69 Å². The lowest BCUT2D eigenvalue weighted by molar-refractivity contribution is -0.164. The van der Waals surface area contributed by atoms with Crippen molar-refractivity contribution < 1.29 is 18.7 Å². The standard InChI is InChI=1S/C20H24FNO3/c1-11-2-3-16(9-17(11)21)22-18(23)10-25-20(24)19-14-5-12-4-13(7-14)8-15(19)6-12/h2-3,9,12-15,19H,4-8,10H2,1H3,(H,22,23). The second kappa shape index (κ2) is 6.43. The zero-order valence-corrected chi connectivity index (χ0v) is 14.5. The molecule has 0 spiro atoms. The van der Waals surface area contributed by atoms with Crippen LogP contribution < -0.4 is 5.32 Å². The lowest BCUT2D eigenvalue weighted by atomic mass is 9.52. The van der Waals surface area contributed by atoms with E-state index in [1.807, 2.05) is 0 Å². The van der Waals surface area contributed by atoms with Gasteiger partial charge in [-0.2, -0.15) is 0 Å². The molecule has 4 saturated carbocycles. The third-order valence-electron chi connectivity index (χ3n) is 6.30. The number of nitrogens with one attached hydrogen (secondary N) is 1. The zero-order valence-electron chi connectivity index (χ0n) is 14.5. The smallest absolute Gasteiger partial charge is 0.310 e. The Morgan fingerprint density at radius 1 is 1.12 bits per heavy atom. The fraction of sp³-hybridized carbons (Fsp3) is 0.600. The number of benzene rings is 1. The van der Waals surface area contributed by atoms with Crippen molar-refractivity contribution in [2.24, 2.45) is 29.6 Å². The van der Waals surface area contributed by atoms with Crippen molar-refractivity contribution in [3.63, 3.8) is 0 Å². The molecule has 1 amide bonds. The Hall–Kier alpha value is -1.91. The molecule has 5 rings (SSSR count). The van der Waals surface area contributed by atoms with Gasteiger partial charge in [0.15, 0.2) is 6.61 Å².